The maximum absolute atomic E-state index is 12.6. The summed E-state index contributed by atoms with van der Waals surface area (Å²) < 4.78 is 6.58. The van der Waals surface area contributed by atoms with E-state index < -0.39 is 0 Å². The van der Waals surface area contributed by atoms with Gasteiger partial charge >= 0.3 is 0 Å². The van der Waals surface area contributed by atoms with E-state index in [1.54, 1.807) is 13.2 Å². The molecule has 0 aliphatic heterocycles. The highest BCUT2D eigenvalue weighted by Crippen LogP contribution is 2.26. The van der Waals surface area contributed by atoms with Crippen LogP contribution in [0.3, 0.4) is 0 Å². The number of carbonyl (C=O) groups is 1. The van der Waals surface area contributed by atoms with Crippen molar-refractivity contribution in [3.63, 3.8) is 0 Å². The van der Waals surface area contributed by atoms with Gasteiger partial charge in [0, 0.05) is 17.2 Å². The topological polar surface area (TPSA) is 73.2 Å². The Kier molecular flexibility index (Phi) is 6.22. The number of benzene rings is 2. The number of carbonyl (C=O) groups excluding carboxylic acids is 1. The SMILES string of the molecule is CC[C@@H](NC(=O)Cn1nc(-c2ccccc2)ccc1=O)c1ccccc1OC. The number of para-hydroxylation sites is 1. The summed E-state index contributed by atoms with van der Waals surface area (Å²) in [4.78, 5) is 24.8. The van der Waals surface area contributed by atoms with E-state index in [4.69, 9.17) is 4.74 Å². The monoisotopic (exact) mass is 377 g/mol. The molecule has 3 rings (SSSR count). The molecule has 1 aromatic heterocycles. The summed E-state index contributed by atoms with van der Waals surface area (Å²) in [5.74, 6) is 0.439. The van der Waals surface area contributed by atoms with Crippen molar-refractivity contribution in [1.29, 1.82) is 0 Å². The Balaban J connectivity index is 1.78. The molecule has 0 bridgehead atoms. The quantitative estimate of drug-likeness (QED) is 0.686. The fourth-order valence-corrected chi connectivity index (χ4v) is 3.06. The molecule has 0 unspecified atom stereocenters. The largest absolute Gasteiger partial charge is 0.496 e. The molecule has 0 fully saturated rings. The summed E-state index contributed by atoms with van der Waals surface area (Å²) in [6.07, 6.45) is 0.693. The predicted molar refractivity (Wildman–Crippen MR) is 108 cm³/mol. The Morgan fingerprint density at radius 2 is 1.79 bits per heavy atom. The third-order valence-corrected chi connectivity index (χ3v) is 4.49. The van der Waals surface area contributed by atoms with Crippen molar-refractivity contribution < 1.29 is 9.53 Å². The second-order valence-electron chi connectivity index (χ2n) is 6.35. The minimum absolute atomic E-state index is 0.148. The number of nitrogens with one attached hydrogen (secondary N) is 1. The van der Waals surface area contributed by atoms with Crippen molar-refractivity contribution in [2.24, 2.45) is 0 Å². The average Bonchev–Trinajstić information content (AvgIpc) is 2.74. The van der Waals surface area contributed by atoms with Crippen molar-refractivity contribution in [2.75, 3.05) is 7.11 Å². The number of rotatable bonds is 7. The molecular weight excluding hydrogens is 354 g/mol. The van der Waals surface area contributed by atoms with Crippen LogP contribution >= 0.6 is 0 Å². The Hall–Kier alpha value is -3.41. The number of ether oxygens (including phenoxy) is 1. The molecule has 3 aromatic rings. The third kappa shape index (κ3) is 4.46. The molecule has 1 N–H and O–H groups in total. The van der Waals surface area contributed by atoms with E-state index in [0.29, 0.717) is 12.1 Å². The average molecular weight is 377 g/mol. The van der Waals surface area contributed by atoms with Crippen molar-refractivity contribution in [3.8, 4) is 17.0 Å². The molecular formula is C22H23N3O3. The van der Waals surface area contributed by atoms with E-state index >= 15 is 0 Å². The fourth-order valence-electron chi connectivity index (χ4n) is 3.06. The van der Waals surface area contributed by atoms with Crippen LogP contribution in [0.2, 0.25) is 0 Å². The zero-order chi connectivity index (χ0) is 19.9. The molecule has 0 spiro atoms. The molecule has 0 saturated carbocycles. The van der Waals surface area contributed by atoms with Gasteiger partial charge in [0.25, 0.3) is 5.56 Å². The van der Waals surface area contributed by atoms with Crippen LogP contribution in [0.25, 0.3) is 11.3 Å². The number of methoxy groups -OCH3 is 1. The molecule has 0 aliphatic carbocycles. The van der Waals surface area contributed by atoms with Crippen LogP contribution in [0, 0.1) is 0 Å². The Labute approximate surface area is 163 Å². The summed E-state index contributed by atoms with van der Waals surface area (Å²) in [5, 5.41) is 7.31. The first kappa shape index (κ1) is 19.4. The third-order valence-electron chi connectivity index (χ3n) is 4.49. The van der Waals surface area contributed by atoms with Gasteiger partial charge in [0.2, 0.25) is 5.91 Å². The minimum Gasteiger partial charge on any atom is -0.496 e. The minimum atomic E-state index is -0.319. The van der Waals surface area contributed by atoms with Crippen LogP contribution in [0.4, 0.5) is 0 Å². The van der Waals surface area contributed by atoms with Gasteiger partial charge in [-0.2, -0.15) is 5.10 Å². The maximum Gasteiger partial charge on any atom is 0.267 e. The molecule has 1 atom stereocenters. The van der Waals surface area contributed by atoms with E-state index in [2.05, 4.69) is 10.4 Å². The van der Waals surface area contributed by atoms with Crippen LogP contribution in [-0.2, 0) is 11.3 Å². The first-order valence-corrected chi connectivity index (χ1v) is 9.18. The predicted octanol–water partition coefficient (Wildman–Crippen LogP) is 3.19. The molecule has 144 valence electrons. The van der Waals surface area contributed by atoms with Gasteiger partial charge in [-0.3, -0.25) is 9.59 Å². The molecule has 6 nitrogen and oxygen atoms in total. The van der Waals surface area contributed by atoms with Gasteiger partial charge in [-0.25, -0.2) is 4.68 Å². The van der Waals surface area contributed by atoms with Gasteiger partial charge in [-0.15, -0.1) is 0 Å². The maximum atomic E-state index is 12.6. The van der Waals surface area contributed by atoms with Gasteiger partial charge in [0.1, 0.15) is 12.3 Å². The van der Waals surface area contributed by atoms with Gasteiger partial charge in [0.05, 0.1) is 18.8 Å². The second kappa shape index (κ2) is 8.99. The van der Waals surface area contributed by atoms with Gasteiger partial charge in [0.15, 0.2) is 0 Å². The lowest BCUT2D eigenvalue weighted by Gasteiger charge is -2.20. The molecule has 1 heterocycles. The summed E-state index contributed by atoms with van der Waals surface area (Å²) in [7, 11) is 1.60. The lowest BCUT2D eigenvalue weighted by Crippen LogP contribution is -2.35. The lowest BCUT2D eigenvalue weighted by atomic mass is 10.0. The van der Waals surface area contributed by atoms with E-state index in [-0.39, 0.29) is 24.1 Å². The zero-order valence-corrected chi connectivity index (χ0v) is 16.0. The fraction of sp³-hybridized carbons (Fsp3) is 0.227. The summed E-state index contributed by atoms with van der Waals surface area (Å²) in [5.41, 5.74) is 2.11. The number of hydrogen-bond donors (Lipinski definition) is 1. The highest BCUT2D eigenvalue weighted by molar-refractivity contribution is 5.76. The first-order valence-electron chi connectivity index (χ1n) is 9.18. The van der Waals surface area contributed by atoms with Crippen LogP contribution in [0.1, 0.15) is 24.9 Å². The lowest BCUT2D eigenvalue weighted by molar-refractivity contribution is -0.122. The van der Waals surface area contributed by atoms with Gasteiger partial charge in [-0.05, 0) is 18.6 Å². The molecule has 0 aliphatic rings. The van der Waals surface area contributed by atoms with Crippen molar-refractivity contribution in [3.05, 3.63) is 82.6 Å². The smallest absolute Gasteiger partial charge is 0.267 e. The molecule has 0 radical (unpaired) electrons. The first-order chi connectivity index (χ1) is 13.6. The van der Waals surface area contributed by atoms with Gasteiger partial charge < -0.3 is 10.1 Å². The van der Waals surface area contributed by atoms with Crippen molar-refractivity contribution in [2.45, 2.75) is 25.9 Å². The van der Waals surface area contributed by atoms with Crippen LogP contribution in [0.15, 0.2) is 71.5 Å². The van der Waals surface area contributed by atoms with Crippen molar-refractivity contribution >= 4 is 5.91 Å². The van der Waals surface area contributed by atoms with E-state index in [1.807, 2.05) is 61.5 Å². The Bertz CT molecular complexity index is 999. The van der Waals surface area contributed by atoms with E-state index in [1.165, 1.54) is 10.7 Å². The second-order valence-corrected chi connectivity index (χ2v) is 6.35. The van der Waals surface area contributed by atoms with Crippen molar-refractivity contribution in [1.82, 2.24) is 15.1 Å². The number of aromatic nitrogens is 2. The Morgan fingerprint density at radius 3 is 2.50 bits per heavy atom. The number of nitrogens with zero attached hydrogens (tertiary/aromatic N) is 2. The molecule has 28 heavy (non-hydrogen) atoms. The molecule has 1 amide bonds. The Morgan fingerprint density at radius 1 is 1.07 bits per heavy atom. The number of amides is 1. The van der Waals surface area contributed by atoms with E-state index in [9.17, 15) is 9.59 Å². The highest BCUT2D eigenvalue weighted by Gasteiger charge is 2.17. The van der Waals surface area contributed by atoms with Gasteiger partial charge in [-0.1, -0.05) is 55.5 Å². The standard InChI is InChI=1S/C22H23N3O3/c1-3-18(17-11-7-8-12-20(17)28-2)23-21(26)15-25-22(27)14-13-19(24-25)16-9-5-4-6-10-16/h4-14,18H,3,15H2,1-2H3,(H,23,26)/t18-/m1/s1. The van der Waals surface area contributed by atoms with E-state index in [0.717, 1.165) is 16.9 Å². The highest BCUT2D eigenvalue weighted by atomic mass is 16.5. The van der Waals surface area contributed by atoms with Crippen LogP contribution < -0.4 is 15.6 Å². The molecule has 0 saturated heterocycles. The summed E-state index contributed by atoms with van der Waals surface area (Å²) in [6, 6.07) is 20.0. The zero-order valence-electron chi connectivity index (χ0n) is 16.0. The molecule has 6 heteroatoms. The number of hydrogen-bond acceptors (Lipinski definition) is 4. The van der Waals surface area contributed by atoms with Crippen LogP contribution in [-0.4, -0.2) is 22.8 Å². The molecule has 2 aromatic carbocycles. The normalized spacial score (nSPS) is 11.6. The summed E-state index contributed by atoms with van der Waals surface area (Å²) >= 11 is 0. The van der Waals surface area contributed by atoms with Crippen LogP contribution in [0.5, 0.6) is 5.75 Å². The summed E-state index contributed by atoms with van der Waals surface area (Å²) in [6.45, 7) is 1.84.